The number of nitro groups is 1. The summed E-state index contributed by atoms with van der Waals surface area (Å²) in [5.74, 6) is -0.384. The molecule has 1 amide bonds. The first kappa shape index (κ1) is 21.1. The number of nitro benzene ring substituents is 1. The number of hydrogen-bond acceptors (Lipinski definition) is 6. The maximum atomic E-state index is 12.2. The molecule has 0 radical (unpaired) electrons. The van der Waals surface area contributed by atoms with E-state index >= 15 is 0 Å². The number of halogens is 3. The molecule has 1 heterocycles. The smallest absolute Gasteiger partial charge is 0.326 e. The number of carbonyl (C=O) groups excluding carboxylic acids is 1. The van der Waals surface area contributed by atoms with Gasteiger partial charge < -0.3 is 5.32 Å². The lowest BCUT2D eigenvalue weighted by atomic mass is 10.1. The molecule has 2 aromatic carbocycles. The number of nitrogens with one attached hydrogen (secondary N) is 1. The molecule has 11 heteroatoms. The van der Waals surface area contributed by atoms with Gasteiger partial charge in [-0.15, -0.1) is 11.3 Å². The Morgan fingerprint density at radius 3 is 2.59 bits per heavy atom. The topological polar surface area (TPSA) is 85.1 Å². The van der Waals surface area contributed by atoms with Crippen molar-refractivity contribution in [2.24, 2.45) is 0 Å². The van der Waals surface area contributed by atoms with Crippen LogP contribution in [-0.2, 0) is 11.2 Å². The molecule has 0 bridgehead atoms. The van der Waals surface area contributed by atoms with Gasteiger partial charge in [0.2, 0.25) is 5.91 Å². The normalized spacial score (nSPS) is 11.6. The van der Waals surface area contributed by atoms with Gasteiger partial charge in [-0.1, -0.05) is 23.9 Å². The van der Waals surface area contributed by atoms with Crippen LogP contribution in [0.5, 0.6) is 0 Å². The molecule has 3 aromatic rings. The third-order valence-corrected chi connectivity index (χ3v) is 5.94. The van der Waals surface area contributed by atoms with Gasteiger partial charge in [0.1, 0.15) is 0 Å². The van der Waals surface area contributed by atoms with Crippen molar-refractivity contribution < 1.29 is 22.9 Å². The Labute approximate surface area is 171 Å². The van der Waals surface area contributed by atoms with Crippen LogP contribution in [0.2, 0.25) is 0 Å². The zero-order valence-electron chi connectivity index (χ0n) is 14.7. The van der Waals surface area contributed by atoms with Gasteiger partial charge in [0, 0.05) is 23.6 Å². The van der Waals surface area contributed by atoms with Crippen molar-refractivity contribution in [3.05, 3.63) is 58.1 Å². The lowest BCUT2D eigenvalue weighted by molar-refractivity contribution is -0.384. The highest BCUT2D eigenvalue weighted by atomic mass is 32.2. The number of alkyl halides is 3. The molecule has 0 atom stereocenters. The Morgan fingerprint density at radius 2 is 1.93 bits per heavy atom. The number of benzene rings is 2. The number of hydrogen-bond donors (Lipinski definition) is 1. The Kier molecular flexibility index (Phi) is 6.38. The second kappa shape index (κ2) is 8.78. The zero-order chi connectivity index (χ0) is 21.0. The molecule has 0 unspecified atom stereocenters. The zero-order valence-corrected chi connectivity index (χ0v) is 16.4. The van der Waals surface area contributed by atoms with E-state index in [1.54, 1.807) is 18.2 Å². The summed E-state index contributed by atoms with van der Waals surface area (Å²) in [5, 5.41) is 13.4. The van der Waals surface area contributed by atoms with Gasteiger partial charge in [-0.05, 0) is 23.8 Å². The molecule has 1 aromatic heterocycles. The van der Waals surface area contributed by atoms with Gasteiger partial charge in [-0.3, -0.25) is 14.9 Å². The van der Waals surface area contributed by atoms with Gasteiger partial charge in [0.05, 0.1) is 28.0 Å². The van der Waals surface area contributed by atoms with Gasteiger partial charge in [-0.25, -0.2) is 4.98 Å². The molecule has 0 aliphatic rings. The first-order chi connectivity index (χ1) is 13.7. The number of thioether (sulfide) groups is 1. The van der Waals surface area contributed by atoms with E-state index in [9.17, 15) is 28.1 Å². The number of aromatic nitrogens is 1. The molecule has 1 N–H and O–H groups in total. The number of fused-ring (bicyclic) bond motifs is 1. The first-order valence-electron chi connectivity index (χ1n) is 8.33. The lowest BCUT2D eigenvalue weighted by Crippen LogP contribution is -2.14. The number of nitrogens with zero attached hydrogens (tertiary/aromatic N) is 2. The Morgan fingerprint density at radius 1 is 1.21 bits per heavy atom. The molecule has 0 aliphatic heterocycles. The third-order valence-electron chi connectivity index (χ3n) is 3.78. The summed E-state index contributed by atoms with van der Waals surface area (Å²) in [4.78, 5) is 26.6. The van der Waals surface area contributed by atoms with E-state index in [4.69, 9.17) is 0 Å². The molecule has 0 fully saturated rings. The van der Waals surface area contributed by atoms with Crippen LogP contribution in [0.4, 0.5) is 24.5 Å². The van der Waals surface area contributed by atoms with Crippen molar-refractivity contribution in [2.75, 3.05) is 11.1 Å². The van der Waals surface area contributed by atoms with E-state index in [1.165, 1.54) is 35.6 Å². The van der Waals surface area contributed by atoms with Crippen molar-refractivity contribution in [1.82, 2.24) is 4.98 Å². The van der Waals surface area contributed by atoms with E-state index in [0.29, 0.717) is 21.1 Å². The summed E-state index contributed by atoms with van der Waals surface area (Å²) in [5.41, 5.74) is 1.78. The van der Waals surface area contributed by atoms with Crippen molar-refractivity contribution in [1.29, 1.82) is 0 Å². The highest BCUT2D eigenvalue weighted by molar-refractivity contribution is 8.01. The lowest BCUT2D eigenvalue weighted by Gasteiger charge is -2.05. The van der Waals surface area contributed by atoms with Crippen LogP contribution in [0.25, 0.3) is 10.2 Å². The van der Waals surface area contributed by atoms with Gasteiger partial charge in [0.25, 0.3) is 5.69 Å². The molecule has 0 aliphatic carbocycles. The van der Waals surface area contributed by atoms with Crippen LogP contribution in [0.15, 0.2) is 46.8 Å². The maximum Gasteiger partial charge on any atom is 0.389 e. The number of carbonyl (C=O) groups is 1. The highest BCUT2D eigenvalue weighted by Gasteiger charge is 2.26. The summed E-state index contributed by atoms with van der Waals surface area (Å²) in [6.07, 6.45) is -5.01. The van der Waals surface area contributed by atoms with Crippen LogP contribution in [0.3, 0.4) is 0 Å². The summed E-state index contributed by atoms with van der Waals surface area (Å²) < 4.78 is 38.0. The molecular weight excluding hydrogens is 427 g/mol. The highest BCUT2D eigenvalue weighted by Crippen LogP contribution is 2.33. The number of amides is 1. The molecule has 6 nitrogen and oxygen atoms in total. The summed E-state index contributed by atoms with van der Waals surface area (Å²) in [6, 6.07) is 10.8. The minimum atomic E-state index is -4.19. The second-order valence-electron chi connectivity index (χ2n) is 6.02. The van der Waals surface area contributed by atoms with E-state index in [2.05, 4.69) is 10.3 Å². The summed E-state index contributed by atoms with van der Waals surface area (Å²) >= 11 is 2.32. The predicted molar refractivity (Wildman–Crippen MR) is 106 cm³/mol. The van der Waals surface area contributed by atoms with E-state index in [1.807, 2.05) is 0 Å². The molecule has 0 spiro atoms. The summed E-state index contributed by atoms with van der Waals surface area (Å²) in [7, 11) is 0. The van der Waals surface area contributed by atoms with E-state index in [0.717, 1.165) is 16.5 Å². The minimum Gasteiger partial charge on any atom is -0.326 e. The van der Waals surface area contributed by atoms with Crippen LogP contribution in [0.1, 0.15) is 12.0 Å². The molecule has 0 saturated heterocycles. The van der Waals surface area contributed by atoms with Crippen LogP contribution in [-0.4, -0.2) is 27.7 Å². The number of anilines is 1. The van der Waals surface area contributed by atoms with E-state index in [-0.39, 0.29) is 23.8 Å². The molecule has 3 rings (SSSR count). The van der Waals surface area contributed by atoms with Gasteiger partial charge >= 0.3 is 6.18 Å². The fourth-order valence-corrected chi connectivity index (χ4v) is 4.59. The number of non-ortho nitro benzene ring substituents is 1. The molecular formula is C18H14F3N3O3S2. The molecule has 152 valence electrons. The van der Waals surface area contributed by atoms with Gasteiger partial charge in [0.15, 0.2) is 4.34 Å². The fourth-order valence-electron chi connectivity index (χ4n) is 2.42. The van der Waals surface area contributed by atoms with Crippen molar-refractivity contribution in [3.8, 4) is 0 Å². The minimum absolute atomic E-state index is 0.0475. The maximum absolute atomic E-state index is 12.2. The first-order valence-corrected chi connectivity index (χ1v) is 10.1. The van der Waals surface area contributed by atoms with Crippen LogP contribution >= 0.6 is 23.1 Å². The Hall–Kier alpha value is -2.66. The quantitative estimate of drug-likeness (QED) is 0.300. The standard InChI is InChI=1S/C18H14F3N3O3S2/c19-18(20,21)7-8-28-17-23-14-6-3-12(10-15(14)29-17)22-16(25)9-11-1-4-13(5-2-11)24(26)27/h1-6,10H,7-9H2,(H,22,25). The Bertz CT molecular complexity index is 1040. The Balaban J connectivity index is 1.60. The van der Waals surface area contributed by atoms with Crippen LogP contribution < -0.4 is 5.32 Å². The number of rotatable bonds is 7. The van der Waals surface area contributed by atoms with Crippen molar-refractivity contribution >= 4 is 50.6 Å². The SMILES string of the molecule is O=C(Cc1ccc([N+](=O)[O-])cc1)Nc1ccc2nc(SCCC(F)(F)F)sc2c1. The van der Waals surface area contributed by atoms with E-state index < -0.39 is 17.5 Å². The monoisotopic (exact) mass is 441 g/mol. The molecule has 29 heavy (non-hydrogen) atoms. The summed E-state index contributed by atoms with van der Waals surface area (Å²) in [6.45, 7) is 0. The molecule has 0 saturated carbocycles. The predicted octanol–water partition coefficient (Wildman–Crippen LogP) is 5.43. The van der Waals surface area contributed by atoms with Crippen LogP contribution in [0, 0.1) is 10.1 Å². The third kappa shape index (κ3) is 6.16. The average molecular weight is 441 g/mol. The number of thiazole rings is 1. The van der Waals surface area contributed by atoms with Gasteiger partial charge in [-0.2, -0.15) is 13.2 Å². The fraction of sp³-hybridized carbons (Fsp3) is 0.222. The van der Waals surface area contributed by atoms with Crippen molar-refractivity contribution in [3.63, 3.8) is 0 Å². The average Bonchev–Trinajstić information content (AvgIpc) is 3.03. The van der Waals surface area contributed by atoms with Crippen molar-refractivity contribution in [2.45, 2.75) is 23.4 Å². The largest absolute Gasteiger partial charge is 0.389 e. The second-order valence-corrected chi connectivity index (χ2v) is 8.40.